The molecule has 0 saturated carbocycles. The molecule has 1 fully saturated rings. The molecule has 0 bridgehead atoms. The van der Waals surface area contributed by atoms with Crippen molar-refractivity contribution in [2.45, 2.75) is 58.1 Å². The van der Waals surface area contributed by atoms with E-state index in [1.807, 2.05) is 11.3 Å². The molecule has 21 heavy (non-hydrogen) atoms. The topological polar surface area (TPSA) is 37.4 Å². The zero-order chi connectivity index (χ0) is 14.7. The van der Waals surface area contributed by atoms with E-state index in [0.29, 0.717) is 12.1 Å². The molecule has 2 heterocycles. The van der Waals surface area contributed by atoms with Crippen LogP contribution >= 0.6 is 11.3 Å². The van der Waals surface area contributed by atoms with E-state index >= 15 is 0 Å². The van der Waals surface area contributed by atoms with Gasteiger partial charge in [0.2, 0.25) is 0 Å². The lowest BCUT2D eigenvalue weighted by Gasteiger charge is -2.32. The molecule has 1 aliphatic heterocycles. The predicted octanol–water partition coefficient (Wildman–Crippen LogP) is 3.14. The second-order valence-electron chi connectivity index (χ2n) is 5.97. The van der Waals surface area contributed by atoms with Gasteiger partial charge in [0, 0.05) is 24.6 Å². The third-order valence-electron chi connectivity index (χ3n) is 4.44. The largest absolute Gasteiger partial charge is 0.377 e. The summed E-state index contributed by atoms with van der Waals surface area (Å²) in [6.45, 7) is 8.23. The van der Waals surface area contributed by atoms with Crippen molar-refractivity contribution in [3.63, 3.8) is 0 Å². The first-order chi connectivity index (χ1) is 10.3. The standard InChI is InChI=1S/C16H27N3OS/c1-3-17-13-8-5-9-14-15(13)18-16(21-14)19-10-6-7-12(11-19)20-4-2/h12-13,17H,3-11H2,1-2H3. The highest BCUT2D eigenvalue weighted by atomic mass is 32.1. The van der Waals surface area contributed by atoms with Gasteiger partial charge >= 0.3 is 0 Å². The SMILES string of the molecule is CCNC1CCCc2sc(N3CCCC(OCC)C3)nc21. The van der Waals surface area contributed by atoms with Crippen LogP contribution < -0.4 is 10.2 Å². The van der Waals surface area contributed by atoms with E-state index in [1.54, 1.807) is 0 Å². The third kappa shape index (κ3) is 3.41. The average molecular weight is 309 g/mol. The fourth-order valence-corrected chi connectivity index (χ4v) is 4.67. The van der Waals surface area contributed by atoms with Crippen molar-refractivity contribution in [3.05, 3.63) is 10.6 Å². The lowest BCUT2D eigenvalue weighted by Crippen LogP contribution is -2.39. The van der Waals surface area contributed by atoms with Crippen LogP contribution in [0.4, 0.5) is 5.13 Å². The van der Waals surface area contributed by atoms with Gasteiger partial charge < -0.3 is 15.0 Å². The number of piperidine rings is 1. The molecular weight excluding hydrogens is 282 g/mol. The Morgan fingerprint density at radius 1 is 1.33 bits per heavy atom. The monoisotopic (exact) mass is 309 g/mol. The molecule has 2 atom stereocenters. The number of hydrogen-bond acceptors (Lipinski definition) is 5. The Morgan fingerprint density at radius 3 is 3.05 bits per heavy atom. The molecule has 118 valence electrons. The number of nitrogens with one attached hydrogen (secondary N) is 1. The third-order valence-corrected chi connectivity index (χ3v) is 5.64. The molecule has 1 aliphatic carbocycles. The number of ether oxygens (including phenoxy) is 1. The van der Waals surface area contributed by atoms with E-state index in [-0.39, 0.29) is 0 Å². The van der Waals surface area contributed by atoms with Crippen molar-refractivity contribution >= 4 is 16.5 Å². The summed E-state index contributed by atoms with van der Waals surface area (Å²) in [7, 11) is 0. The summed E-state index contributed by atoms with van der Waals surface area (Å²) in [6, 6.07) is 0.469. The minimum absolute atomic E-state index is 0.384. The van der Waals surface area contributed by atoms with Crippen LogP contribution in [0, 0.1) is 0 Å². The van der Waals surface area contributed by atoms with Crippen LogP contribution in [-0.4, -0.2) is 37.3 Å². The zero-order valence-corrected chi connectivity index (χ0v) is 14.0. The van der Waals surface area contributed by atoms with Crippen molar-refractivity contribution < 1.29 is 4.74 Å². The fourth-order valence-electron chi connectivity index (χ4n) is 3.47. The van der Waals surface area contributed by atoms with Crippen LogP contribution in [0.3, 0.4) is 0 Å². The van der Waals surface area contributed by atoms with Crippen molar-refractivity contribution in [2.24, 2.45) is 0 Å². The minimum Gasteiger partial charge on any atom is -0.377 e. The number of rotatable bonds is 5. The Hall–Kier alpha value is -0.650. The first-order valence-corrected chi connectivity index (χ1v) is 9.23. The highest BCUT2D eigenvalue weighted by Gasteiger charge is 2.28. The molecule has 2 unspecified atom stereocenters. The van der Waals surface area contributed by atoms with Crippen molar-refractivity contribution in [1.82, 2.24) is 10.3 Å². The van der Waals surface area contributed by atoms with Crippen LogP contribution in [0.25, 0.3) is 0 Å². The smallest absolute Gasteiger partial charge is 0.185 e. The van der Waals surface area contributed by atoms with Crippen molar-refractivity contribution in [3.8, 4) is 0 Å². The summed E-state index contributed by atoms with van der Waals surface area (Å²) in [5, 5.41) is 4.80. The Labute approximate surface area is 131 Å². The molecule has 1 aromatic rings. The van der Waals surface area contributed by atoms with E-state index in [0.717, 1.165) is 26.2 Å². The molecule has 2 aliphatic rings. The van der Waals surface area contributed by atoms with E-state index < -0.39 is 0 Å². The zero-order valence-electron chi connectivity index (χ0n) is 13.2. The lowest BCUT2D eigenvalue weighted by molar-refractivity contribution is 0.0526. The molecule has 5 heteroatoms. The van der Waals surface area contributed by atoms with Crippen LogP contribution in [0.1, 0.15) is 56.1 Å². The Bertz CT molecular complexity index is 460. The number of nitrogens with zero attached hydrogens (tertiary/aromatic N) is 2. The van der Waals surface area contributed by atoms with Crippen LogP contribution in [0.2, 0.25) is 0 Å². The maximum atomic E-state index is 5.82. The lowest BCUT2D eigenvalue weighted by atomic mass is 9.98. The van der Waals surface area contributed by atoms with Gasteiger partial charge in [-0.3, -0.25) is 0 Å². The van der Waals surface area contributed by atoms with Gasteiger partial charge in [-0.05, 0) is 45.6 Å². The molecule has 1 saturated heterocycles. The van der Waals surface area contributed by atoms with E-state index in [1.165, 1.54) is 47.8 Å². The average Bonchev–Trinajstić information content (AvgIpc) is 2.93. The summed E-state index contributed by atoms with van der Waals surface area (Å²) in [5.74, 6) is 0. The Balaban J connectivity index is 1.74. The summed E-state index contributed by atoms with van der Waals surface area (Å²) in [4.78, 5) is 8.94. The first kappa shape index (κ1) is 15.3. The summed E-state index contributed by atoms with van der Waals surface area (Å²) in [5.41, 5.74) is 1.32. The molecule has 0 radical (unpaired) electrons. The molecule has 1 aromatic heterocycles. The number of hydrogen-bond donors (Lipinski definition) is 1. The van der Waals surface area contributed by atoms with Gasteiger partial charge in [-0.2, -0.15) is 0 Å². The molecule has 0 amide bonds. The first-order valence-electron chi connectivity index (χ1n) is 8.41. The van der Waals surface area contributed by atoms with Crippen LogP contribution in [0.15, 0.2) is 0 Å². The normalized spacial score (nSPS) is 25.9. The van der Waals surface area contributed by atoms with Crippen LogP contribution in [-0.2, 0) is 11.2 Å². The highest BCUT2D eigenvalue weighted by Crippen LogP contribution is 2.37. The number of aryl methyl sites for hydroxylation is 1. The second-order valence-corrected chi connectivity index (χ2v) is 7.04. The molecule has 1 N–H and O–H groups in total. The van der Waals surface area contributed by atoms with E-state index in [2.05, 4.69) is 24.1 Å². The number of thiazole rings is 1. The fraction of sp³-hybridized carbons (Fsp3) is 0.812. The summed E-state index contributed by atoms with van der Waals surface area (Å²) in [6.07, 6.45) is 6.51. The minimum atomic E-state index is 0.384. The Kier molecular flexibility index (Phi) is 5.14. The van der Waals surface area contributed by atoms with E-state index in [4.69, 9.17) is 9.72 Å². The van der Waals surface area contributed by atoms with Gasteiger partial charge in [0.1, 0.15) is 0 Å². The molecule has 3 rings (SSSR count). The molecule has 0 aromatic carbocycles. The number of aromatic nitrogens is 1. The van der Waals surface area contributed by atoms with Gasteiger partial charge in [-0.15, -0.1) is 11.3 Å². The summed E-state index contributed by atoms with van der Waals surface area (Å²) < 4.78 is 5.82. The van der Waals surface area contributed by atoms with Crippen LogP contribution in [0.5, 0.6) is 0 Å². The maximum absolute atomic E-state index is 5.82. The maximum Gasteiger partial charge on any atom is 0.185 e. The molecule has 4 nitrogen and oxygen atoms in total. The van der Waals surface area contributed by atoms with Gasteiger partial charge in [0.25, 0.3) is 0 Å². The predicted molar refractivity (Wildman–Crippen MR) is 88.3 cm³/mol. The summed E-state index contributed by atoms with van der Waals surface area (Å²) >= 11 is 1.91. The molecule has 0 spiro atoms. The van der Waals surface area contributed by atoms with Crippen molar-refractivity contribution in [1.29, 1.82) is 0 Å². The van der Waals surface area contributed by atoms with Gasteiger partial charge in [-0.25, -0.2) is 4.98 Å². The molecular formula is C16H27N3OS. The highest BCUT2D eigenvalue weighted by molar-refractivity contribution is 7.15. The Morgan fingerprint density at radius 2 is 2.24 bits per heavy atom. The van der Waals surface area contributed by atoms with Gasteiger partial charge in [-0.1, -0.05) is 6.92 Å². The quantitative estimate of drug-likeness (QED) is 0.907. The number of fused-ring (bicyclic) bond motifs is 1. The van der Waals surface area contributed by atoms with E-state index in [9.17, 15) is 0 Å². The second kappa shape index (κ2) is 7.07. The number of anilines is 1. The van der Waals surface area contributed by atoms with Gasteiger partial charge in [0.05, 0.1) is 17.8 Å². The van der Waals surface area contributed by atoms with Gasteiger partial charge in [0.15, 0.2) is 5.13 Å². The van der Waals surface area contributed by atoms with Crippen molar-refractivity contribution in [2.75, 3.05) is 31.1 Å².